The molecule has 7 rings (SSSR count). The Hall–Kier alpha value is -6.40. The van der Waals surface area contributed by atoms with Gasteiger partial charge in [0.2, 0.25) is 5.91 Å². The predicted molar refractivity (Wildman–Crippen MR) is 219 cm³/mol. The highest BCUT2D eigenvalue weighted by Crippen LogP contribution is 2.46. The molecule has 2 aromatic carbocycles. The zero-order valence-electron chi connectivity index (χ0n) is 34.4. The SMILES string of the molecule is CCC1(O)C(=O)OCc2c1cc1n(c2=O)Cc2c-1nc1cc(F)c(C)c3c1c2C(NC(=O)OCc1ccc(NC(=O)C(CCCNC(N)=O)NC(=O)C([NH3+])C(C)C)cc1)CC3. The number of aryl methyl sites for hydroxylation is 1. The minimum Gasteiger partial charge on any atom is -0.458 e. The molecule has 0 spiro atoms. The first-order valence-corrected chi connectivity index (χ1v) is 20.3. The lowest BCUT2D eigenvalue weighted by molar-refractivity contribution is -0.414. The van der Waals surface area contributed by atoms with Crippen molar-refractivity contribution in [1.29, 1.82) is 0 Å². The summed E-state index contributed by atoms with van der Waals surface area (Å²) in [6.07, 6.45) is 0.715. The molecule has 18 heteroatoms. The highest BCUT2D eigenvalue weighted by atomic mass is 19.1. The van der Waals surface area contributed by atoms with Crippen molar-refractivity contribution in [1.82, 2.24) is 25.5 Å². The van der Waals surface area contributed by atoms with Crippen LogP contribution in [0, 0.1) is 18.7 Å². The van der Waals surface area contributed by atoms with Crippen LogP contribution in [0.1, 0.15) is 91.4 Å². The molecule has 4 aromatic rings. The van der Waals surface area contributed by atoms with Gasteiger partial charge in [-0.25, -0.2) is 23.8 Å². The smallest absolute Gasteiger partial charge is 0.407 e. The molecule has 4 unspecified atom stereocenters. The van der Waals surface area contributed by atoms with Gasteiger partial charge >= 0.3 is 18.1 Å². The Morgan fingerprint density at radius 2 is 1.85 bits per heavy atom. The number of urea groups is 1. The van der Waals surface area contributed by atoms with Gasteiger partial charge < -0.3 is 51.9 Å². The number of nitrogens with zero attached hydrogens (tertiary/aromatic N) is 2. The number of pyridine rings is 2. The molecule has 0 saturated heterocycles. The fraction of sp³-hybridized carbons (Fsp3) is 0.419. The van der Waals surface area contributed by atoms with E-state index in [9.17, 15) is 33.9 Å². The summed E-state index contributed by atoms with van der Waals surface area (Å²) in [4.78, 5) is 82.1. The molecule has 1 aliphatic carbocycles. The van der Waals surface area contributed by atoms with Gasteiger partial charge in [0.1, 0.15) is 25.1 Å². The van der Waals surface area contributed by atoms with E-state index in [1.54, 1.807) is 44.2 Å². The molecule has 0 fully saturated rings. The average molecular weight is 842 g/mol. The first-order valence-electron chi connectivity index (χ1n) is 20.3. The summed E-state index contributed by atoms with van der Waals surface area (Å²) in [5, 5.41) is 23.0. The number of halogens is 1. The highest BCUT2D eigenvalue weighted by Gasteiger charge is 2.46. The van der Waals surface area contributed by atoms with E-state index in [1.807, 2.05) is 13.8 Å². The van der Waals surface area contributed by atoms with Crippen molar-refractivity contribution in [2.45, 2.75) is 103 Å². The number of rotatable bonds is 13. The Bertz CT molecular complexity index is 2520. The lowest BCUT2D eigenvalue weighted by Crippen LogP contribution is -2.70. The molecular formula is C43H50FN8O9+. The maximum atomic E-state index is 15.3. The third kappa shape index (κ3) is 8.12. The summed E-state index contributed by atoms with van der Waals surface area (Å²) in [6, 6.07) is 6.79. The number of carbonyl (C=O) groups excluding carboxylic acids is 5. The van der Waals surface area contributed by atoms with Crippen molar-refractivity contribution in [2.75, 3.05) is 11.9 Å². The van der Waals surface area contributed by atoms with Gasteiger partial charge in [-0.05, 0) is 79.5 Å². The second kappa shape index (κ2) is 16.9. The van der Waals surface area contributed by atoms with Gasteiger partial charge in [0.15, 0.2) is 11.6 Å². The van der Waals surface area contributed by atoms with Crippen molar-refractivity contribution in [3.8, 4) is 11.4 Å². The first kappa shape index (κ1) is 42.7. The van der Waals surface area contributed by atoms with Crippen LogP contribution in [-0.2, 0) is 55.6 Å². The van der Waals surface area contributed by atoms with Crippen molar-refractivity contribution < 1.29 is 48.7 Å². The van der Waals surface area contributed by atoms with Gasteiger partial charge in [0.25, 0.3) is 11.5 Å². The van der Waals surface area contributed by atoms with Crippen LogP contribution in [0.4, 0.5) is 19.7 Å². The number of benzene rings is 2. The van der Waals surface area contributed by atoms with E-state index in [1.165, 1.54) is 10.6 Å². The third-order valence-corrected chi connectivity index (χ3v) is 12.0. The molecule has 0 bridgehead atoms. The van der Waals surface area contributed by atoms with Gasteiger partial charge in [-0.1, -0.05) is 32.9 Å². The molecule has 4 heterocycles. The summed E-state index contributed by atoms with van der Waals surface area (Å²) in [6.45, 7) is 6.94. The number of alkyl carbamates (subject to hydrolysis) is 1. The van der Waals surface area contributed by atoms with Crippen molar-refractivity contribution in [3.63, 3.8) is 0 Å². The number of carbonyl (C=O) groups is 5. The van der Waals surface area contributed by atoms with Crippen LogP contribution in [0.15, 0.2) is 41.2 Å². The molecule has 61 heavy (non-hydrogen) atoms. The number of anilines is 1. The number of hydrogen-bond acceptors (Lipinski definition) is 10. The minimum absolute atomic E-state index is 0.0224. The lowest BCUT2D eigenvalue weighted by atomic mass is 9.81. The Morgan fingerprint density at radius 1 is 1.11 bits per heavy atom. The predicted octanol–water partition coefficient (Wildman–Crippen LogP) is 2.58. The van der Waals surface area contributed by atoms with Gasteiger partial charge in [-0.15, -0.1) is 0 Å². The highest BCUT2D eigenvalue weighted by molar-refractivity contribution is 5.98. The molecule has 17 nitrogen and oxygen atoms in total. The number of aliphatic hydroxyl groups is 1. The second-order valence-corrected chi connectivity index (χ2v) is 16.2. The average Bonchev–Trinajstić information content (AvgIpc) is 3.60. The molecule has 0 radical (unpaired) electrons. The van der Waals surface area contributed by atoms with E-state index in [0.717, 1.165) is 5.56 Å². The van der Waals surface area contributed by atoms with E-state index >= 15 is 4.39 Å². The Labute approximate surface area is 349 Å². The number of hydrogen-bond donors (Lipinski definition) is 7. The topological polar surface area (TPSA) is 261 Å². The number of nitrogens with two attached hydrogens (primary N) is 1. The normalized spacial score (nSPS) is 18.3. The molecule has 5 amide bonds. The number of aromatic nitrogens is 2. The largest absolute Gasteiger partial charge is 0.458 e. The molecule has 2 aliphatic heterocycles. The van der Waals surface area contributed by atoms with Crippen LogP contribution >= 0.6 is 0 Å². The van der Waals surface area contributed by atoms with Crippen molar-refractivity contribution in [3.05, 3.63) is 91.5 Å². The number of nitrogens with one attached hydrogen (secondary N) is 4. The molecule has 4 atom stereocenters. The number of cyclic esters (lactones) is 1. The molecule has 10 N–H and O–H groups in total. The van der Waals surface area contributed by atoms with Crippen LogP contribution in [-0.4, -0.2) is 63.2 Å². The van der Waals surface area contributed by atoms with Gasteiger partial charge in [-0.3, -0.25) is 14.4 Å². The van der Waals surface area contributed by atoms with Crippen molar-refractivity contribution >= 4 is 46.5 Å². The molecule has 322 valence electrons. The van der Waals surface area contributed by atoms with Crippen LogP contribution in [0.25, 0.3) is 22.3 Å². The van der Waals surface area contributed by atoms with E-state index in [4.69, 9.17) is 20.2 Å². The first-order chi connectivity index (χ1) is 29.0. The van der Waals surface area contributed by atoms with Crippen LogP contribution in [0.5, 0.6) is 0 Å². The fourth-order valence-corrected chi connectivity index (χ4v) is 8.31. The summed E-state index contributed by atoms with van der Waals surface area (Å²) in [5.74, 6) is -2.16. The summed E-state index contributed by atoms with van der Waals surface area (Å²) in [7, 11) is 0. The number of amides is 5. The van der Waals surface area contributed by atoms with Crippen LogP contribution < -0.4 is 38.3 Å². The minimum atomic E-state index is -2.02. The van der Waals surface area contributed by atoms with Gasteiger partial charge in [-0.2, -0.15) is 0 Å². The maximum Gasteiger partial charge on any atom is 0.407 e. The zero-order valence-corrected chi connectivity index (χ0v) is 34.4. The number of ether oxygens (including phenoxy) is 2. The Balaban J connectivity index is 1.07. The zero-order chi connectivity index (χ0) is 43.9. The monoisotopic (exact) mass is 841 g/mol. The fourth-order valence-electron chi connectivity index (χ4n) is 8.31. The van der Waals surface area contributed by atoms with Crippen LogP contribution in [0.3, 0.4) is 0 Å². The molecule has 3 aliphatic rings. The summed E-state index contributed by atoms with van der Waals surface area (Å²) < 4.78 is 27.7. The number of primary amides is 1. The standard InChI is InChI=1S/C43H49FN8O9/c1-5-43(59)27-15-32-36-25(17-52(32)39(55)26(27)19-60-40(43)56)34-29(13-12-24-21(4)28(44)16-31(49-36)33(24)34)51-42(58)61-18-22-8-10-23(11-9-22)48-37(53)30(7-6-14-47-41(46)57)50-38(54)35(45)20(2)3/h8-11,15-16,20,29-30,35,59H,5-7,12-14,17-19,45H2,1-4H3,(H,48,53)(H,50,54)(H,51,58)(H3,46,47,57)/p+1. The van der Waals surface area contributed by atoms with Gasteiger partial charge in [0, 0.05) is 40.7 Å². The Morgan fingerprint density at radius 3 is 2.54 bits per heavy atom. The van der Waals surface area contributed by atoms with E-state index in [0.29, 0.717) is 69.5 Å². The quantitative estimate of drug-likeness (QED) is 0.0673. The summed E-state index contributed by atoms with van der Waals surface area (Å²) in [5.41, 5.74) is 11.6. The van der Waals surface area contributed by atoms with E-state index in [-0.39, 0.29) is 62.1 Å². The summed E-state index contributed by atoms with van der Waals surface area (Å²) >= 11 is 0. The maximum absolute atomic E-state index is 15.3. The van der Waals surface area contributed by atoms with Crippen LogP contribution in [0.2, 0.25) is 0 Å². The molecule has 0 saturated carbocycles. The number of fused-ring (bicyclic) bond motifs is 5. The van der Waals surface area contributed by atoms with E-state index in [2.05, 4.69) is 27.0 Å². The number of quaternary nitrogens is 1. The lowest BCUT2D eigenvalue weighted by Gasteiger charge is -2.31. The van der Waals surface area contributed by atoms with Gasteiger partial charge in [0.05, 0.1) is 35.1 Å². The molecular weight excluding hydrogens is 792 g/mol. The van der Waals surface area contributed by atoms with E-state index < -0.39 is 59.1 Å². The molecule has 2 aromatic heterocycles. The number of esters is 1. The second-order valence-electron chi connectivity index (χ2n) is 16.2. The third-order valence-electron chi connectivity index (χ3n) is 12.0. The van der Waals surface area contributed by atoms with Crippen molar-refractivity contribution in [2.24, 2.45) is 11.7 Å². The Kier molecular flexibility index (Phi) is 11.9.